The molecule has 0 spiro atoms. The second-order valence-corrected chi connectivity index (χ2v) is 15.0. The molecule has 6 aromatic rings. The van der Waals surface area contributed by atoms with E-state index in [4.69, 9.17) is 9.47 Å². The molecule has 12 heteroatoms. The maximum absolute atomic E-state index is 14.0. The van der Waals surface area contributed by atoms with Crippen LogP contribution in [-0.2, 0) is 5.41 Å². The second kappa shape index (κ2) is 18.2. The predicted octanol–water partition coefficient (Wildman–Crippen LogP) is 12.8. The van der Waals surface area contributed by atoms with Crippen molar-refractivity contribution in [3.63, 3.8) is 0 Å². The van der Waals surface area contributed by atoms with Gasteiger partial charge >= 0.3 is 24.2 Å². The minimum Gasteiger partial charge on any atom is -0.428 e. The van der Waals surface area contributed by atoms with Gasteiger partial charge in [0.05, 0.1) is 5.41 Å². The van der Waals surface area contributed by atoms with Gasteiger partial charge in [0.2, 0.25) is 0 Å². The molecule has 0 bridgehead atoms. The molecule has 0 heterocycles. The van der Waals surface area contributed by atoms with Crippen LogP contribution in [0.3, 0.4) is 0 Å². The molecule has 0 amide bonds. The zero-order valence-electron chi connectivity index (χ0n) is 34.3. The summed E-state index contributed by atoms with van der Waals surface area (Å²) in [6.07, 6.45) is 0.983. The number of nitrogens with zero attached hydrogens (tertiary/aromatic N) is 2. The standard InChI is InChI=1S/C51H38F6N2O4/c1-58(2)37-17-5-31(6-18-37)9-27-45(60)33-11-25-41-42-26-12-34(46(61)28-10-32-7-19-38(20-8-32)59(3)4)30-44(42)51(43(41)29-33,35-13-21-39(22-14-35)62-49(56)47(52)53)36-15-23-40(24-16-36)63-50(57)48(54)55/h5-30H,1-4H3. The lowest BCUT2D eigenvalue weighted by Crippen LogP contribution is -2.29. The summed E-state index contributed by atoms with van der Waals surface area (Å²) in [5.74, 6) is -1.18. The van der Waals surface area contributed by atoms with Crippen molar-refractivity contribution in [3.8, 4) is 22.6 Å². The lowest BCUT2D eigenvalue weighted by molar-refractivity contribution is 0.103. The van der Waals surface area contributed by atoms with Gasteiger partial charge in [-0.25, -0.2) is 0 Å². The van der Waals surface area contributed by atoms with Gasteiger partial charge in [-0.3, -0.25) is 9.59 Å². The Kier molecular flexibility index (Phi) is 12.5. The summed E-state index contributed by atoms with van der Waals surface area (Å²) in [6.45, 7) is 0. The number of carbonyl (C=O) groups is 2. The molecule has 0 saturated heterocycles. The first kappa shape index (κ1) is 43.5. The summed E-state index contributed by atoms with van der Waals surface area (Å²) < 4.78 is 89.5. The second-order valence-electron chi connectivity index (χ2n) is 15.0. The number of allylic oxidation sites excluding steroid dienone is 2. The third-order valence-electron chi connectivity index (χ3n) is 10.7. The average molecular weight is 857 g/mol. The third-order valence-corrected chi connectivity index (χ3v) is 10.7. The Hall–Kier alpha value is -7.60. The van der Waals surface area contributed by atoms with Gasteiger partial charge in [0.15, 0.2) is 11.6 Å². The third kappa shape index (κ3) is 9.06. The van der Waals surface area contributed by atoms with E-state index in [1.54, 1.807) is 48.6 Å². The van der Waals surface area contributed by atoms with E-state index < -0.39 is 29.6 Å². The first-order valence-corrected chi connectivity index (χ1v) is 19.4. The molecule has 0 atom stereocenters. The van der Waals surface area contributed by atoms with Crippen molar-refractivity contribution in [2.24, 2.45) is 0 Å². The Morgan fingerprint density at radius 2 is 0.825 bits per heavy atom. The predicted molar refractivity (Wildman–Crippen MR) is 234 cm³/mol. The van der Waals surface area contributed by atoms with Crippen molar-refractivity contribution in [1.82, 2.24) is 0 Å². The maximum atomic E-state index is 14.0. The van der Waals surface area contributed by atoms with E-state index in [0.717, 1.165) is 22.5 Å². The Morgan fingerprint density at radius 3 is 1.14 bits per heavy atom. The minimum atomic E-state index is -2.65. The Morgan fingerprint density at radius 1 is 0.476 bits per heavy atom. The molecule has 0 saturated carbocycles. The van der Waals surface area contributed by atoms with Crippen LogP contribution in [-0.4, -0.2) is 39.8 Å². The van der Waals surface area contributed by atoms with Crippen LogP contribution in [0.4, 0.5) is 37.7 Å². The van der Waals surface area contributed by atoms with E-state index >= 15 is 0 Å². The Labute approximate surface area is 359 Å². The molecule has 0 fully saturated rings. The molecule has 1 aliphatic carbocycles. The molecule has 0 aliphatic heterocycles. The van der Waals surface area contributed by atoms with Crippen LogP contribution in [0.15, 0.2) is 170 Å². The van der Waals surface area contributed by atoms with Crippen LogP contribution < -0.4 is 19.3 Å². The number of rotatable bonds is 14. The molecule has 6 nitrogen and oxygen atoms in total. The van der Waals surface area contributed by atoms with Gasteiger partial charge < -0.3 is 19.3 Å². The first-order valence-electron chi connectivity index (χ1n) is 19.4. The molecule has 318 valence electrons. The van der Waals surface area contributed by atoms with E-state index in [1.807, 2.05) is 86.5 Å². The number of ketones is 2. The number of fused-ring (bicyclic) bond motifs is 3. The van der Waals surface area contributed by atoms with E-state index in [-0.39, 0.29) is 23.1 Å². The number of carbonyl (C=O) groups excluding carboxylic acids is 2. The Bertz CT molecular complexity index is 2610. The van der Waals surface area contributed by atoms with Crippen LogP contribution in [0, 0.1) is 0 Å². The largest absolute Gasteiger partial charge is 0.428 e. The molecular weight excluding hydrogens is 819 g/mol. The quantitative estimate of drug-likeness (QED) is 0.0470. The summed E-state index contributed by atoms with van der Waals surface area (Å²) in [5, 5.41) is 0. The zero-order chi connectivity index (χ0) is 45.0. The van der Waals surface area contributed by atoms with E-state index in [0.29, 0.717) is 44.5 Å². The van der Waals surface area contributed by atoms with Crippen molar-refractivity contribution in [3.05, 3.63) is 214 Å². The summed E-state index contributed by atoms with van der Waals surface area (Å²) in [6, 6.07) is 32.7. The van der Waals surface area contributed by atoms with Crippen LogP contribution in [0.2, 0.25) is 0 Å². The number of hydrogen-bond donors (Lipinski definition) is 0. The molecule has 0 aromatic heterocycles. The van der Waals surface area contributed by atoms with Crippen molar-refractivity contribution < 1.29 is 45.4 Å². The van der Waals surface area contributed by atoms with Crippen molar-refractivity contribution in [2.75, 3.05) is 38.0 Å². The topological polar surface area (TPSA) is 59.1 Å². The summed E-state index contributed by atoms with van der Waals surface area (Å²) >= 11 is 0. The molecule has 7 rings (SSSR count). The first-order chi connectivity index (χ1) is 30.1. The number of halogens is 6. The van der Waals surface area contributed by atoms with Crippen molar-refractivity contribution in [2.45, 2.75) is 5.41 Å². The summed E-state index contributed by atoms with van der Waals surface area (Å²) in [5.41, 5.74) is 6.06. The van der Waals surface area contributed by atoms with Crippen LogP contribution >= 0.6 is 0 Å². The van der Waals surface area contributed by atoms with Gasteiger partial charge in [0.1, 0.15) is 11.5 Å². The van der Waals surface area contributed by atoms with Crippen molar-refractivity contribution in [1.29, 1.82) is 0 Å². The number of anilines is 2. The van der Waals surface area contributed by atoms with Gasteiger partial charge in [-0.2, -0.15) is 26.3 Å². The highest BCUT2D eigenvalue weighted by atomic mass is 19.3. The lowest BCUT2D eigenvalue weighted by Gasteiger charge is -2.34. The van der Waals surface area contributed by atoms with Crippen LogP contribution in [0.1, 0.15) is 54.1 Å². The molecule has 0 N–H and O–H groups in total. The molecular formula is C51H38F6N2O4. The summed E-state index contributed by atoms with van der Waals surface area (Å²) in [4.78, 5) is 31.8. The molecule has 6 aromatic carbocycles. The normalized spacial score (nSPS) is 12.4. The van der Waals surface area contributed by atoms with Crippen molar-refractivity contribution >= 4 is 35.1 Å². The highest BCUT2D eigenvalue weighted by Crippen LogP contribution is 2.57. The van der Waals surface area contributed by atoms with Gasteiger partial charge in [0, 0.05) is 50.7 Å². The van der Waals surface area contributed by atoms with E-state index in [2.05, 4.69) is 0 Å². The average Bonchev–Trinajstić information content (AvgIpc) is 3.57. The fourth-order valence-corrected chi connectivity index (χ4v) is 7.55. The molecule has 0 unspecified atom stereocenters. The maximum Gasteiger partial charge on any atom is 0.344 e. The SMILES string of the molecule is CN(C)c1ccc(C=CC(=O)c2ccc3c(c2)C(c2ccc(OC(F)=C(F)F)cc2)(c2ccc(OC(F)=C(F)F)cc2)c2cc(C(=O)C=Cc4ccc(N(C)C)cc4)ccc2-3)cc1. The highest BCUT2D eigenvalue weighted by Gasteiger charge is 2.47. The fraction of sp³-hybridized carbons (Fsp3) is 0.0980. The van der Waals surface area contributed by atoms with E-state index in [1.165, 1.54) is 60.7 Å². The zero-order valence-corrected chi connectivity index (χ0v) is 34.3. The monoisotopic (exact) mass is 856 g/mol. The molecule has 0 radical (unpaired) electrons. The number of hydrogen-bond acceptors (Lipinski definition) is 6. The van der Waals surface area contributed by atoms with Gasteiger partial charge in [-0.05, 0) is 117 Å². The number of benzene rings is 6. The van der Waals surface area contributed by atoms with Gasteiger partial charge in [0.25, 0.3) is 0 Å². The smallest absolute Gasteiger partial charge is 0.344 e. The molecule has 1 aliphatic rings. The number of ether oxygens (including phenoxy) is 2. The summed E-state index contributed by atoms with van der Waals surface area (Å²) in [7, 11) is 7.68. The Balaban J connectivity index is 1.40. The van der Waals surface area contributed by atoms with E-state index in [9.17, 15) is 35.9 Å². The van der Waals surface area contributed by atoms with Gasteiger partial charge in [-0.15, -0.1) is 0 Å². The minimum absolute atomic E-state index is 0.253. The molecule has 63 heavy (non-hydrogen) atoms. The highest BCUT2D eigenvalue weighted by molar-refractivity contribution is 6.09. The van der Waals surface area contributed by atoms with Crippen LogP contribution in [0.25, 0.3) is 23.3 Å². The van der Waals surface area contributed by atoms with Gasteiger partial charge in [-0.1, -0.05) is 84.9 Å². The van der Waals surface area contributed by atoms with Crippen LogP contribution in [0.5, 0.6) is 11.5 Å². The lowest BCUT2D eigenvalue weighted by atomic mass is 9.67. The fourth-order valence-electron chi connectivity index (χ4n) is 7.55.